The van der Waals surface area contributed by atoms with Gasteiger partial charge in [0.15, 0.2) is 0 Å². The van der Waals surface area contributed by atoms with Crippen molar-refractivity contribution in [3.05, 3.63) is 28.9 Å². The number of imidazole rings is 1. The van der Waals surface area contributed by atoms with E-state index in [-0.39, 0.29) is 18.7 Å². The van der Waals surface area contributed by atoms with Crippen LogP contribution in [0.1, 0.15) is 33.5 Å². The molecule has 0 aliphatic carbocycles. The number of alkyl carbamates (subject to hydrolysis) is 1. The van der Waals surface area contributed by atoms with Crippen LogP contribution < -0.4 is 5.32 Å². The quantitative estimate of drug-likeness (QED) is 0.613. The van der Waals surface area contributed by atoms with Gasteiger partial charge in [-0.05, 0) is 51.1 Å². The molecular weight excluding hydrogens is 352 g/mol. The number of hydrogen-bond acceptors (Lipinski definition) is 7. The second-order valence-corrected chi connectivity index (χ2v) is 7.01. The third kappa shape index (κ3) is 5.25. The average molecular weight is 376 g/mol. The van der Waals surface area contributed by atoms with Gasteiger partial charge in [-0.1, -0.05) is 0 Å². The normalized spacial score (nSPS) is 12.5. The number of nitroso groups, excluding NO2 is 1. The smallest absolute Gasteiger partial charge is 0.408 e. The lowest BCUT2D eigenvalue weighted by Crippen LogP contribution is -2.45. The summed E-state index contributed by atoms with van der Waals surface area (Å²) in [5, 5.41) is 5.44. The molecule has 1 heterocycles. The molecule has 0 aliphatic rings. The number of aryl methyl sites for hydroxylation is 1. The molecule has 0 radical (unpaired) electrons. The minimum atomic E-state index is -0.959. The molecule has 1 amide bonds. The Morgan fingerprint density at radius 2 is 2.04 bits per heavy atom. The van der Waals surface area contributed by atoms with Crippen molar-refractivity contribution in [3.8, 4) is 0 Å². The second-order valence-electron chi connectivity index (χ2n) is 7.01. The molecular formula is C18H24N4O5. The van der Waals surface area contributed by atoms with E-state index in [1.54, 1.807) is 57.5 Å². The lowest BCUT2D eigenvalue weighted by molar-refractivity contribution is -0.145. The van der Waals surface area contributed by atoms with Crippen molar-refractivity contribution in [3.63, 3.8) is 0 Å². The van der Waals surface area contributed by atoms with Crippen molar-refractivity contribution in [2.75, 3.05) is 6.61 Å². The van der Waals surface area contributed by atoms with Gasteiger partial charge in [0.25, 0.3) is 0 Å². The number of carbonyl (C=O) groups excluding carboxylic acids is 2. The van der Waals surface area contributed by atoms with Crippen LogP contribution in [-0.4, -0.2) is 39.9 Å². The molecule has 0 fully saturated rings. The van der Waals surface area contributed by atoms with E-state index in [1.165, 1.54) is 0 Å². The van der Waals surface area contributed by atoms with Gasteiger partial charge in [0.1, 0.15) is 23.2 Å². The van der Waals surface area contributed by atoms with E-state index in [1.807, 2.05) is 0 Å². The van der Waals surface area contributed by atoms with Crippen LogP contribution in [0.3, 0.4) is 0 Å². The van der Waals surface area contributed by atoms with Gasteiger partial charge in [-0.15, -0.1) is 4.91 Å². The highest BCUT2D eigenvalue weighted by molar-refractivity contribution is 5.82. The van der Waals surface area contributed by atoms with Crippen molar-refractivity contribution in [1.82, 2.24) is 14.9 Å². The summed E-state index contributed by atoms with van der Waals surface area (Å²) in [5.41, 5.74) is 0.919. The van der Waals surface area contributed by atoms with Crippen LogP contribution in [-0.2, 0) is 27.7 Å². The molecule has 9 nitrogen and oxygen atoms in total. The number of rotatable bonds is 6. The van der Waals surface area contributed by atoms with E-state index < -0.39 is 23.7 Å². The summed E-state index contributed by atoms with van der Waals surface area (Å²) in [5.74, 6) is -0.0344. The summed E-state index contributed by atoms with van der Waals surface area (Å²) >= 11 is 0. The van der Waals surface area contributed by atoms with Crippen molar-refractivity contribution in [2.24, 2.45) is 12.2 Å². The number of ether oxygens (including phenoxy) is 2. The van der Waals surface area contributed by atoms with Gasteiger partial charge < -0.3 is 19.4 Å². The molecule has 2 aromatic rings. The van der Waals surface area contributed by atoms with Crippen LogP contribution in [0.4, 0.5) is 10.5 Å². The number of nitrogens with zero attached hydrogens (tertiary/aromatic N) is 3. The molecule has 1 aromatic heterocycles. The SMILES string of the molecule is CCOC(=O)[C@H](Cc1nc2cc(N=O)ccc2n1C)NC(=O)OC(C)(C)C. The fourth-order valence-electron chi connectivity index (χ4n) is 2.55. The van der Waals surface area contributed by atoms with E-state index in [4.69, 9.17) is 9.47 Å². The molecule has 1 atom stereocenters. The summed E-state index contributed by atoms with van der Waals surface area (Å²) in [6.07, 6.45) is -0.612. The highest BCUT2D eigenvalue weighted by Gasteiger charge is 2.27. The molecule has 1 aromatic carbocycles. The number of aromatic nitrogens is 2. The van der Waals surface area contributed by atoms with E-state index in [2.05, 4.69) is 15.5 Å². The summed E-state index contributed by atoms with van der Waals surface area (Å²) in [4.78, 5) is 39.5. The molecule has 0 aliphatic heterocycles. The third-order valence-corrected chi connectivity index (χ3v) is 3.71. The number of nitrogens with one attached hydrogen (secondary N) is 1. The number of carbonyl (C=O) groups is 2. The van der Waals surface area contributed by atoms with Gasteiger partial charge >= 0.3 is 12.1 Å². The Morgan fingerprint density at radius 1 is 1.33 bits per heavy atom. The maximum absolute atomic E-state index is 12.3. The van der Waals surface area contributed by atoms with Crippen LogP contribution in [0.25, 0.3) is 11.0 Å². The average Bonchev–Trinajstić information content (AvgIpc) is 2.88. The molecule has 2 rings (SSSR count). The molecule has 9 heteroatoms. The van der Waals surface area contributed by atoms with Gasteiger partial charge in [-0.25, -0.2) is 14.6 Å². The number of esters is 1. The zero-order valence-corrected chi connectivity index (χ0v) is 16.1. The third-order valence-electron chi connectivity index (χ3n) is 3.71. The molecule has 0 unspecified atom stereocenters. The van der Waals surface area contributed by atoms with Crippen molar-refractivity contribution >= 4 is 28.8 Å². The Hall–Kier alpha value is -2.97. The minimum Gasteiger partial charge on any atom is -0.464 e. The predicted molar refractivity (Wildman–Crippen MR) is 99.7 cm³/mol. The molecule has 0 bridgehead atoms. The highest BCUT2D eigenvalue weighted by atomic mass is 16.6. The van der Waals surface area contributed by atoms with Crippen molar-refractivity contribution < 1.29 is 19.1 Å². The molecule has 1 N–H and O–H groups in total. The number of hydrogen-bond donors (Lipinski definition) is 1. The fraction of sp³-hybridized carbons (Fsp3) is 0.500. The number of amides is 1. The van der Waals surface area contributed by atoms with Gasteiger partial charge in [-0.2, -0.15) is 0 Å². The van der Waals surface area contributed by atoms with E-state index in [9.17, 15) is 14.5 Å². The molecule has 27 heavy (non-hydrogen) atoms. The summed E-state index contributed by atoms with van der Waals surface area (Å²) in [6, 6.07) is 3.91. The Kier molecular flexibility index (Phi) is 6.14. The van der Waals surface area contributed by atoms with Crippen LogP contribution in [0.15, 0.2) is 23.4 Å². The Bertz CT molecular complexity index is 853. The van der Waals surface area contributed by atoms with Crippen LogP contribution in [0.5, 0.6) is 0 Å². The van der Waals surface area contributed by atoms with Crippen LogP contribution in [0.2, 0.25) is 0 Å². The largest absolute Gasteiger partial charge is 0.464 e. The van der Waals surface area contributed by atoms with Crippen LogP contribution >= 0.6 is 0 Å². The molecule has 0 spiro atoms. The fourth-order valence-corrected chi connectivity index (χ4v) is 2.55. The molecule has 0 saturated heterocycles. The van der Waals surface area contributed by atoms with Gasteiger partial charge in [0, 0.05) is 13.5 Å². The maximum Gasteiger partial charge on any atom is 0.408 e. The zero-order valence-electron chi connectivity index (χ0n) is 16.1. The summed E-state index contributed by atoms with van der Waals surface area (Å²) in [7, 11) is 1.79. The maximum atomic E-state index is 12.3. The molecule has 0 saturated carbocycles. The first-order valence-corrected chi connectivity index (χ1v) is 8.59. The number of benzene rings is 1. The first-order valence-electron chi connectivity index (χ1n) is 8.59. The standard InChI is InChI=1S/C18H24N4O5/c1-6-26-16(23)13(20-17(24)27-18(2,3)4)10-15-19-12-9-11(21-25)7-8-14(12)22(15)5/h7-9,13H,6,10H2,1-5H3,(H,20,24)/t13-/m0/s1. The van der Waals surface area contributed by atoms with E-state index in [0.29, 0.717) is 11.3 Å². The van der Waals surface area contributed by atoms with E-state index in [0.717, 1.165) is 5.52 Å². The Balaban J connectivity index is 2.27. The monoisotopic (exact) mass is 376 g/mol. The van der Waals surface area contributed by atoms with Crippen molar-refractivity contribution in [1.29, 1.82) is 0 Å². The number of fused-ring (bicyclic) bond motifs is 1. The lowest BCUT2D eigenvalue weighted by atomic mass is 10.2. The lowest BCUT2D eigenvalue weighted by Gasteiger charge is -2.22. The van der Waals surface area contributed by atoms with Gasteiger partial charge in [0.05, 0.1) is 17.6 Å². The highest BCUT2D eigenvalue weighted by Crippen LogP contribution is 2.22. The molecule has 146 valence electrons. The van der Waals surface area contributed by atoms with Gasteiger partial charge in [-0.3, -0.25) is 0 Å². The topological polar surface area (TPSA) is 112 Å². The Labute approximate surface area is 157 Å². The first kappa shape index (κ1) is 20.3. The van der Waals surface area contributed by atoms with Crippen molar-refractivity contribution in [2.45, 2.75) is 45.8 Å². The van der Waals surface area contributed by atoms with Crippen LogP contribution in [0, 0.1) is 4.91 Å². The van der Waals surface area contributed by atoms with E-state index >= 15 is 0 Å². The van der Waals surface area contributed by atoms with Gasteiger partial charge in [0.2, 0.25) is 0 Å². The second kappa shape index (κ2) is 8.15. The summed E-state index contributed by atoms with van der Waals surface area (Å²) in [6.45, 7) is 7.07. The minimum absolute atomic E-state index is 0.104. The Morgan fingerprint density at radius 3 is 2.63 bits per heavy atom. The summed E-state index contributed by atoms with van der Waals surface area (Å²) < 4.78 is 12.1. The zero-order chi connectivity index (χ0) is 20.2. The predicted octanol–water partition coefficient (Wildman–Crippen LogP) is 2.97. The first-order chi connectivity index (χ1) is 12.6.